The molecule has 0 aliphatic carbocycles. The van der Waals surface area contributed by atoms with E-state index in [9.17, 15) is 28.8 Å². The number of rotatable bonds is 12. The normalized spacial score (nSPS) is 25.9. The largest absolute Gasteiger partial charge is 0.451 e. The van der Waals surface area contributed by atoms with Crippen LogP contribution in [-0.2, 0) is 79.6 Å². The Labute approximate surface area is 496 Å². The Morgan fingerprint density at radius 1 is 0.405 bits per heavy atom. The number of carbonyl (C=O) groups is 8. The molecular weight excluding hydrogens is 1090 g/mol. The van der Waals surface area contributed by atoms with E-state index < -0.39 is 131 Å². The molecule has 84 heavy (non-hydrogen) atoms. The number of benzene rings is 2. The third-order valence-corrected chi connectivity index (χ3v) is 15.9. The minimum Gasteiger partial charge on any atom is -0.451 e. The van der Waals surface area contributed by atoms with E-state index in [0.29, 0.717) is 37.6 Å². The van der Waals surface area contributed by atoms with Crippen LogP contribution in [-0.4, -0.2) is 182 Å². The summed E-state index contributed by atoms with van der Waals surface area (Å²) < 4.78 is 67.0. The number of alkyl halides is 2. The van der Waals surface area contributed by atoms with E-state index in [0.717, 1.165) is 56.4 Å². The van der Waals surface area contributed by atoms with Crippen molar-refractivity contribution in [2.75, 3.05) is 54.6 Å². The molecule has 0 saturated carbocycles. The first-order valence-corrected chi connectivity index (χ1v) is 29.5. The minimum atomic E-state index is -2.11. The number of ether oxygens (including phenoxy) is 6. The van der Waals surface area contributed by atoms with Crippen LogP contribution in [0.3, 0.4) is 0 Å². The Balaban J connectivity index is 1.64. The van der Waals surface area contributed by atoms with E-state index >= 15 is 18.4 Å². The number of amides is 4. The van der Waals surface area contributed by atoms with E-state index in [1.807, 2.05) is 65.8 Å². The predicted molar refractivity (Wildman–Crippen MR) is 311 cm³/mol. The smallest absolute Gasteiger partial charge is 0.329 e. The predicted octanol–water partition coefficient (Wildman–Crippen LogP) is 8.42. The van der Waals surface area contributed by atoms with Gasteiger partial charge in [-0.3, -0.25) is 19.2 Å². The number of halogens is 2. The fraction of sp³-hybridized carbons (Fsp3) is 0.688. The van der Waals surface area contributed by atoms with Crippen molar-refractivity contribution in [3.63, 3.8) is 0 Å². The Morgan fingerprint density at radius 2 is 0.667 bits per heavy atom. The van der Waals surface area contributed by atoms with Crippen molar-refractivity contribution >= 4 is 47.5 Å². The minimum absolute atomic E-state index is 0.0401. The lowest BCUT2D eigenvalue weighted by atomic mass is 9.87. The van der Waals surface area contributed by atoms with Gasteiger partial charge in [0.25, 0.3) is 23.6 Å². The molecule has 3 aliphatic heterocycles. The third-order valence-electron chi connectivity index (χ3n) is 15.9. The van der Waals surface area contributed by atoms with Gasteiger partial charge in [-0.25, -0.2) is 28.0 Å². The first-order chi connectivity index (χ1) is 38.9. The van der Waals surface area contributed by atoms with Crippen molar-refractivity contribution in [1.29, 1.82) is 0 Å². The van der Waals surface area contributed by atoms with Crippen molar-refractivity contribution in [2.24, 2.45) is 10.8 Å². The molecule has 0 bridgehead atoms. The molecule has 468 valence electrons. The molecule has 2 aromatic rings. The zero-order chi connectivity index (χ0) is 62.8. The molecule has 3 heterocycles. The summed E-state index contributed by atoms with van der Waals surface area (Å²) >= 11 is 0. The molecule has 0 spiro atoms. The quantitative estimate of drug-likeness (QED) is 0.145. The van der Waals surface area contributed by atoms with Gasteiger partial charge in [0.15, 0.2) is 24.4 Å². The van der Waals surface area contributed by atoms with Gasteiger partial charge in [-0.2, -0.15) is 0 Å². The van der Waals surface area contributed by atoms with Crippen molar-refractivity contribution in [1.82, 2.24) is 19.6 Å². The van der Waals surface area contributed by atoms with Gasteiger partial charge in [-0.05, 0) is 125 Å². The SMILES string of the molecule is C[C@H]1OC(=O)[C@H](CC(C)(C)C)N(C)C(=O)[C@@H](Cc2ccc(C3CCOCC3)cc2)OC(=O)[C@H](CC(C)(C)F)N(C)C(=O)[C@@H](C)OC(=O)[C@H](CC(C)(C)C)N(C)C(=O)[C@@H](Cc2ccc(C3CCOCC3)cc2)OC(=O)[C@H](CC(C)(C)F)N(C)C1=O. The number of esters is 4. The van der Waals surface area contributed by atoms with Crippen LogP contribution in [0.1, 0.15) is 169 Å². The molecule has 0 N–H and O–H groups in total. The average molecular weight is 1180 g/mol. The van der Waals surface area contributed by atoms with Crippen LogP contribution in [0.2, 0.25) is 0 Å². The molecule has 0 radical (unpaired) electrons. The highest BCUT2D eigenvalue weighted by molar-refractivity contribution is 5.94. The zero-order valence-electron chi connectivity index (χ0n) is 52.6. The van der Waals surface area contributed by atoms with Crippen molar-refractivity contribution < 1.29 is 75.6 Å². The molecule has 0 unspecified atom stereocenters. The van der Waals surface area contributed by atoms with Crippen LogP contribution in [0.5, 0.6) is 0 Å². The lowest BCUT2D eigenvalue weighted by Crippen LogP contribution is -2.55. The highest BCUT2D eigenvalue weighted by Crippen LogP contribution is 2.33. The second-order valence-corrected chi connectivity index (χ2v) is 26.9. The summed E-state index contributed by atoms with van der Waals surface area (Å²) in [6, 6.07) is 8.62. The summed E-state index contributed by atoms with van der Waals surface area (Å²) in [6.45, 7) is 20.7. The molecular formula is C64H94F2N4O14. The number of nitrogens with zero attached hydrogens (tertiary/aromatic N) is 4. The fourth-order valence-corrected chi connectivity index (χ4v) is 11.0. The molecule has 4 amide bonds. The maximum absolute atomic E-state index is 16.0. The van der Waals surface area contributed by atoms with Crippen LogP contribution in [0, 0.1) is 10.8 Å². The Kier molecular flexibility index (Phi) is 23.7. The van der Waals surface area contributed by atoms with Crippen molar-refractivity contribution in [3.05, 3.63) is 70.8 Å². The monoisotopic (exact) mass is 1180 g/mol. The molecule has 0 aromatic heterocycles. The highest BCUT2D eigenvalue weighted by Gasteiger charge is 2.45. The van der Waals surface area contributed by atoms with Crippen LogP contribution in [0.4, 0.5) is 8.78 Å². The van der Waals surface area contributed by atoms with Gasteiger partial charge >= 0.3 is 23.9 Å². The molecule has 8 atom stereocenters. The molecule has 3 saturated heterocycles. The van der Waals surface area contributed by atoms with Gasteiger partial charge in [-0.15, -0.1) is 0 Å². The summed E-state index contributed by atoms with van der Waals surface area (Å²) in [5.74, 6) is -7.58. The third kappa shape index (κ3) is 20.0. The summed E-state index contributed by atoms with van der Waals surface area (Å²) in [5, 5.41) is 0. The van der Waals surface area contributed by atoms with Crippen LogP contribution in [0.25, 0.3) is 0 Å². The number of carbonyl (C=O) groups excluding carboxylic acids is 8. The Morgan fingerprint density at radius 3 is 0.940 bits per heavy atom. The lowest BCUT2D eigenvalue weighted by molar-refractivity contribution is -0.177. The number of hydrogen-bond donors (Lipinski definition) is 0. The van der Waals surface area contributed by atoms with Crippen LogP contribution in [0.15, 0.2) is 48.5 Å². The van der Waals surface area contributed by atoms with E-state index in [2.05, 4.69) is 0 Å². The van der Waals surface area contributed by atoms with Gasteiger partial charge in [0.2, 0.25) is 0 Å². The first kappa shape index (κ1) is 68.8. The lowest BCUT2D eigenvalue weighted by Gasteiger charge is -2.37. The van der Waals surface area contributed by atoms with Gasteiger partial charge in [0.1, 0.15) is 35.5 Å². The van der Waals surface area contributed by atoms with Gasteiger partial charge in [0.05, 0.1) is 0 Å². The van der Waals surface area contributed by atoms with Gasteiger partial charge in [-0.1, -0.05) is 90.1 Å². The van der Waals surface area contributed by atoms with Crippen LogP contribution >= 0.6 is 0 Å². The van der Waals surface area contributed by atoms with Gasteiger partial charge < -0.3 is 48.0 Å². The molecule has 2 aromatic carbocycles. The maximum Gasteiger partial charge on any atom is 0.329 e. The summed E-state index contributed by atoms with van der Waals surface area (Å²) in [7, 11) is 5.08. The standard InChI is InChI=1S/C64H94F2N4O14/c1-39-53(71)67(13)49(37-63(9,10)65)59(77)83-52(34-42-19-23-44(24-20-42)46-27-31-80-32-28-46)56(74)70(16)48(36-62(6,7)8)58(76)82-40(2)54(72)68(14)50(38-64(11,12)66)60(78)84-51(55(73)69(15)47(57(75)81-39)35-61(3,4)5)33-41-17-21-43(22-18-41)45-25-29-79-30-26-45/h17-24,39-40,45-52H,25-38H2,1-16H3/t39-,40-,47+,48+,49+,50+,51-,52-/m1/s1. The Bertz CT molecular complexity index is 2390. The number of hydrogen-bond acceptors (Lipinski definition) is 14. The molecule has 18 nitrogen and oxygen atoms in total. The molecule has 3 fully saturated rings. The number of likely N-dealkylation sites (N-methyl/N-ethyl adjacent to an activating group) is 4. The molecule has 5 rings (SSSR count). The molecule has 3 aliphatic rings. The van der Waals surface area contributed by atoms with E-state index in [1.165, 1.54) is 69.7 Å². The van der Waals surface area contributed by atoms with E-state index in [1.54, 1.807) is 24.3 Å². The maximum atomic E-state index is 16.0. The summed E-state index contributed by atoms with van der Waals surface area (Å²) in [6.07, 6.45) is -5.21. The summed E-state index contributed by atoms with van der Waals surface area (Å²) in [4.78, 5) is 122. The number of cyclic esters (lactones) is 4. The average Bonchev–Trinajstić information content (AvgIpc) is 3.46. The molecule has 20 heteroatoms. The zero-order valence-corrected chi connectivity index (χ0v) is 52.6. The van der Waals surface area contributed by atoms with Crippen molar-refractivity contribution in [2.45, 2.75) is 219 Å². The van der Waals surface area contributed by atoms with E-state index in [4.69, 9.17) is 28.4 Å². The van der Waals surface area contributed by atoms with Crippen molar-refractivity contribution in [3.8, 4) is 0 Å². The first-order valence-electron chi connectivity index (χ1n) is 29.5. The second kappa shape index (κ2) is 28.9. The fourth-order valence-electron chi connectivity index (χ4n) is 11.0. The summed E-state index contributed by atoms with van der Waals surface area (Å²) in [5.41, 5.74) is -2.37. The topological polar surface area (TPSA) is 205 Å². The second-order valence-electron chi connectivity index (χ2n) is 26.9. The van der Waals surface area contributed by atoms with E-state index in [-0.39, 0.29) is 37.5 Å². The Hall–Kier alpha value is -6.02. The van der Waals surface area contributed by atoms with Crippen LogP contribution < -0.4 is 0 Å². The highest BCUT2D eigenvalue weighted by atomic mass is 19.1. The van der Waals surface area contributed by atoms with Gasteiger partial charge in [0, 0.05) is 80.3 Å².